The maximum atomic E-state index is 14.0. The van der Waals surface area contributed by atoms with E-state index in [9.17, 15) is 34.8 Å². The van der Waals surface area contributed by atoms with Crippen LogP contribution in [0.2, 0.25) is 0 Å². The Balaban J connectivity index is 1.58. The normalized spacial score (nSPS) is 25.5. The lowest BCUT2D eigenvalue weighted by Crippen LogP contribution is -2.65. The van der Waals surface area contributed by atoms with E-state index in [1.165, 1.54) is 16.5 Å². The van der Waals surface area contributed by atoms with E-state index in [1.807, 2.05) is 12.1 Å². The first-order chi connectivity index (χ1) is 20.1. The molecule has 4 atom stereocenters. The number of phenolic OH excluding ortho intramolecular Hbond substituents is 1. The summed E-state index contributed by atoms with van der Waals surface area (Å²) in [5.41, 5.74) is 5.64. The highest BCUT2D eigenvalue weighted by molar-refractivity contribution is 6.24. The molecule has 3 aliphatic carbocycles. The van der Waals surface area contributed by atoms with Crippen LogP contribution in [0.15, 0.2) is 53.3 Å². The van der Waals surface area contributed by atoms with Crippen molar-refractivity contribution in [1.82, 2.24) is 4.90 Å². The number of aromatic hydroxyl groups is 1. The van der Waals surface area contributed by atoms with Gasteiger partial charge in [0.25, 0.3) is 5.91 Å². The average molecular weight is 589 g/mol. The number of aryl methyl sites for hydroxylation is 1. The number of likely N-dealkylation sites (N-methyl/N-ethyl adjacent to an activating group) is 1. The van der Waals surface area contributed by atoms with E-state index in [1.54, 1.807) is 20.2 Å². The van der Waals surface area contributed by atoms with Crippen LogP contribution in [0.1, 0.15) is 56.7 Å². The molecular weight excluding hydrogens is 548 g/mol. The van der Waals surface area contributed by atoms with Crippen molar-refractivity contribution >= 4 is 23.2 Å². The molecule has 2 aromatic rings. The van der Waals surface area contributed by atoms with Crippen LogP contribution >= 0.6 is 0 Å². The fraction of sp³-hybridized carbons (Fsp3) is 0.441. The molecular formula is C34H40N2O7. The highest BCUT2D eigenvalue weighted by Gasteiger charge is 2.64. The van der Waals surface area contributed by atoms with Crippen molar-refractivity contribution in [3.63, 3.8) is 0 Å². The summed E-state index contributed by atoms with van der Waals surface area (Å²) in [6, 6.07) is 10.3. The van der Waals surface area contributed by atoms with Crippen molar-refractivity contribution in [1.29, 1.82) is 0 Å². The number of fused-ring (bicyclic) bond motifs is 3. The summed E-state index contributed by atoms with van der Waals surface area (Å²) in [5.74, 6) is -6.60. The minimum Gasteiger partial charge on any atom is -0.508 e. The van der Waals surface area contributed by atoms with Crippen molar-refractivity contribution < 1.29 is 34.8 Å². The largest absolute Gasteiger partial charge is 0.508 e. The van der Waals surface area contributed by atoms with Crippen LogP contribution in [-0.2, 0) is 27.2 Å². The number of carbonyl (C=O) groups is 3. The average Bonchev–Trinajstić information content (AvgIpc) is 2.90. The minimum absolute atomic E-state index is 0.0492. The summed E-state index contributed by atoms with van der Waals surface area (Å²) in [6.07, 6.45) is 3.43. The Hall–Kier alpha value is -3.95. The quantitative estimate of drug-likeness (QED) is 0.317. The zero-order chi connectivity index (χ0) is 31.6. The molecule has 1 fully saturated rings. The number of aliphatic hydroxyl groups is 3. The SMILES string of the molecule is CN(C)C1C(=O)C(C(N)=O)=C(O)[C@]2(O)C(=O)C3=C(O)c4c(O)ccc(-c5ccc(CCCC(C)(C)C)cc5)c4C[C@@H]3C[C@H]12. The lowest BCUT2D eigenvalue weighted by Gasteiger charge is -2.50. The molecule has 3 aliphatic rings. The first-order valence-corrected chi connectivity index (χ1v) is 14.7. The molecule has 2 aromatic carbocycles. The van der Waals surface area contributed by atoms with Crippen LogP contribution in [-0.4, -0.2) is 68.5 Å². The van der Waals surface area contributed by atoms with E-state index in [0.717, 1.165) is 30.4 Å². The highest BCUT2D eigenvalue weighted by atomic mass is 16.3. The van der Waals surface area contributed by atoms with Crippen LogP contribution in [0.5, 0.6) is 5.75 Å². The van der Waals surface area contributed by atoms with Gasteiger partial charge in [-0.3, -0.25) is 19.3 Å². The van der Waals surface area contributed by atoms with Crippen LogP contribution in [0.4, 0.5) is 0 Å². The molecule has 0 aliphatic heterocycles. The Kier molecular flexibility index (Phi) is 7.55. The van der Waals surface area contributed by atoms with Crippen molar-refractivity contribution in [2.75, 3.05) is 14.1 Å². The number of aliphatic hydroxyl groups excluding tert-OH is 2. The summed E-state index contributed by atoms with van der Waals surface area (Å²) in [7, 11) is 3.16. The molecule has 0 aromatic heterocycles. The van der Waals surface area contributed by atoms with Crippen LogP contribution in [0.3, 0.4) is 0 Å². The topological polar surface area (TPSA) is 161 Å². The Morgan fingerprint density at radius 3 is 2.28 bits per heavy atom. The van der Waals surface area contributed by atoms with Gasteiger partial charge in [0, 0.05) is 11.5 Å². The van der Waals surface area contributed by atoms with E-state index >= 15 is 0 Å². The summed E-state index contributed by atoms with van der Waals surface area (Å²) in [4.78, 5) is 41.0. The second-order valence-corrected chi connectivity index (χ2v) is 13.6. The number of ketones is 2. The van der Waals surface area contributed by atoms with Gasteiger partial charge in [-0.2, -0.15) is 0 Å². The Labute approximate surface area is 251 Å². The number of rotatable bonds is 6. The van der Waals surface area contributed by atoms with Gasteiger partial charge in [0.05, 0.1) is 11.6 Å². The molecule has 1 amide bonds. The van der Waals surface area contributed by atoms with Gasteiger partial charge >= 0.3 is 0 Å². The van der Waals surface area contributed by atoms with Crippen LogP contribution < -0.4 is 5.73 Å². The molecule has 6 N–H and O–H groups in total. The fourth-order valence-corrected chi connectivity index (χ4v) is 7.19. The molecule has 0 bridgehead atoms. The third kappa shape index (κ3) is 4.94. The minimum atomic E-state index is -2.65. The molecule has 0 heterocycles. The van der Waals surface area contributed by atoms with Crippen molar-refractivity contribution in [3.8, 4) is 16.9 Å². The van der Waals surface area contributed by atoms with E-state index in [0.29, 0.717) is 5.56 Å². The molecule has 0 saturated heterocycles. The predicted octanol–water partition coefficient (Wildman–Crippen LogP) is 4.00. The first-order valence-electron chi connectivity index (χ1n) is 14.7. The van der Waals surface area contributed by atoms with Crippen LogP contribution in [0.25, 0.3) is 16.9 Å². The molecule has 1 saturated carbocycles. The number of nitrogens with zero attached hydrogens (tertiary/aromatic N) is 1. The molecule has 0 spiro atoms. The summed E-state index contributed by atoms with van der Waals surface area (Å²) >= 11 is 0. The van der Waals surface area contributed by atoms with Gasteiger partial charge in [-0.1, -0.05) is 51.1 Å². The number of Topliss-reactive ketones (excluding diaryl/α,β-unsaturated/α-hetero) is 2. The maximum absolute atomic E-state index is 14.0. The smallest absolute Gasteiger partial charge is 0.255 e. The Bertz CT molecular complexity index is 1580. The summed E-state index contributed by atoms with van der Waals surface area (Å²) < 4.78 is 0. The number of phenols is 1. The predicted molar refractivity (Wildman–Crippen MR) is 162 cm³/mol. The number of hydrogen-bond donors (Lipinski definition) is 5. The third-order valence-electron chi connectivity index (χ3n) is 9.26. The monoisotopic (exact) mass is 588 g/mol. The number of benzene rings is 2. The fourth-order valence-electron chi connectivity index (χ4n) is 7.19. The number of primary amides is 1. The van der Waals surface area contributed by atoms with Crippen molar-refractivity contribution in [2.24, 2.45) is 23.0 Å². The standard InChI is InChI=1S/C34H40N2O7/c1-33(2,3)14-6-7-17-8-10-18(11-9-17)20-12-13-23(37)25-21(20)15-19-16-22-27(36(4)5)29(39)26(32(35)42)31(41)34(22,43)30(40)24(19)28(25)38/h8-13,19,22,27,37-38,41,43H,6-7,14-16H2,1-5H3,(H2,35,42)/t19-,22-,27?,34-/m1/s1. The van der Waals surface area contributed by atoms with Crippen molar-refractivity contribution in [2.45, 2.75) is 64.5 Å². The first kappa shape index (κ1) is 30.5. The molecule has 43 heavy (non-hydrogen) atoms. The Morgan fingerprint density at radius 2 is 1.70 bits per heavy atom. The summed E-state index contributed by atoms with van der Waals surface area (Å²) in [5, 5.41) is 45.1. The van der Waals surface area contributed by atoms with E-state index in [-0.39, 0.29) is 35.1 Å². The zero-order valence-electron chi connectivity index (χ0n) is 25.3. The molecule has 228 valence electrons. The Morgan fingerprint density at radius 1 is 1.05 bits per heavy atom. The van der Waals surface area contributed by atoms with Crippen LogP contribution in [0, 0.1) is 17.3 Å². The van der Waals surface area contributed by atoms with Crippen molar-refractivity contribution in [3.05, 3.63) is 70.0 Å². The zero-order valence-corrected chi connectivity index (χ0v) is 25.3. The van der Waals surface area contributed by atoms with Gasteiger partial charge in [0.1, 0.15) is 22.8 Å². The second-order valence-electron chi connectivity index (χ2n) is 13.6. The van der Waals surface area contributed by atoms with E-state index in [4.69, 9.17) is 5.73 Å². The van der Waals surface area contributed by atoms with E-state index < -0.39 is 58.0 Å². The second kappa shape index (κ2) is 10.6. The van der Waals surface area contributed by atoms with Gasteiger partial charge in [-0.25, -0.2) is 0 Å². The van der Waals surface area contributed by atoms with Gasteiger partial charge in [-0.15, -0.1) is 0 Å². The number of hydrogen-bond acceptors (Lipinski definition) is 8. The third-order valence-corrected chi connectivity index (χ3v) is 9.26. The van der Waals surface area contributed by atoms with Gasteiger partial charge in [-0.05, 0) is 85.9 Å². The van der Waals surface area contributed by atoms with Gasteiger partial charge in [0.15, 0.2) is 11.4 Å². The summed E-state index contributed by atoms with van der Waals surface area (Å²) in [6.45, 7) is 6.68. The maximum Gasteiger partial charge on any atom is 0.255 e. The molecule has 0 radical (unpaired) electrons. The number of nitrogens with two attached hydrogens (primary N) is 1. The molecule has 9 nitrogen and oxygen atoms in total. The van der Waals surface area contributed by atoms with Gasteiger partial charge in [0.2, 0.25) is 5.78 Å². The number of carbonyl (C=O) groups excluding carboxylic acids is 3. The molecule has 9 heteroatoms. The highest BCUT2D eigenvalue weighted by Crippen LogP contribution is 2.53. The lowest BCUT2D eigenvalue weighted by atomic mass is 9.57. The van der Waals surface area contributed by atoms with E-state index in [2.05, 4.69) is 32.9 Å². The van der Waals surface area contributed by atoms with Gasteiger partial charge < -0.3 is 26.2 Å². The molecule has 5 rings (SSSR count). The lowest BCUT2D eigenvalue weighted by molar-refractivity contribution is -0.153. The molecule has 1 unspecified atom stereocenters. The number of amides is 1.